The molecule has 4 aliphatic rings. The lowest BCUT2D eigenvalue weighted by Gasteiger charge is -2.20. The van der Waals surface area contributed by atoms with E-state index >= 15 is 0 Å². The minimum absolute atomic E-state index is 0.111. The molecule has 1 aromatic rings. The van der Waals surface area contributed by atoms with Crippen LogP contribution in [0.3, 0.4) is 0 Å². The number of nitrogens with two attached hydrogens (primary N) is 1. The molecule has 3 fully saturated rings. The molecule has 4 nitrogen and oxygen atoms in total. The number of fused-ring (bicyclic) bond motifs is 6. The van der Waals surface area contributed by atoms with E-state index < -0.39 is 0 Å². The molecule has 4 heteroatoms. The van der Waals surface area contributed by atoms with E-state index in [1.807, 2.05) is 12.1 Å². The third-order valence-electron chi connectivity index (χ3n) is 6.23. The second-order valence-electron chi connectivity index (χ2n) is 7.30. The van der Waals surface area contributed by atoms with Gasteiger partial charge in [0.15, 0.2) is 0 Å². The third-order valence-corrected chi connectivity index (χ3v) is 6.23. The van der Waals surface area contributed by atoms with Crippen molar-refractivity contribution in [2.45, 2.75) is 38.1 Å². The van der Waals surface area contributed by atoms with Crippen molar-refractivity contribution in [1.82, 2.24) is 0 Å². The van der Waals surface area contributed by atoms with Gasteiger partial charge in [-0.25, -0.2) is 0 Å². The highest BCUT2D eigenvalue weighted by atomic mass is 16.1. The number of benzene rings is 1. The molecule has 1 aromatic carbocycles. The lowest BCUT2D eigenvalue weighted by Crippen LogP contribution is -2.20. The molecule has 3 saturated carbocycles. The number of amides is 1. The van der Waals surface area contributed by atoms with E-state index in [0.717, 1.165) is 52.7 Å². The smallest absolute Gasteiger partial charge is 0.224 e. The van der Waals surface area contributed by atoms with Crippen molar-refractivity contribution in [1.29, 1.82) is 0 Å². The van der Waals surface area contributed by atoms with Gasteiger partial charge in [-0.05, 0) is 67.1 Å². The van der Waals surface area contributed by atoms with Crippen LogP contribution in [0, 0.1) is 23.7 Å². The summed E-state index contributed by atoms with van der Waals surface area (Å²) in [6, 6.07) is 4.69. The number of rotatable bonds is 2. The zero-order chi connectivity index (χ0) is 14.1. The predicted octanol–water partition coefficient (Wildman–Crippen LogP) is 2.61. The Kier molecular flexibility index (Phi) is 2.23. The molecular weight excluding hydrogens is 262 g/mol. The lowest BCUT2D eigenvalue weighted by atomic mass is 10.0. The van der Waals surface area contributed by atoms with Gasteiger partial charge in [-0.2, -0.15) is 0 Å². The number of hydrogen-bond donors (Lipinski definition) is 3. The van der Waals surface area contributed by atoms with Crippen molar-refractivity contribution in [2.75, 3.05) is 16.4 Å². The first-order chi connectivity index (χ1) is 10.2. The van der Waals surface area contributed by atoms with E-state index in [1.165, 1.54) is 19.3 Å². The first kappa shape index (κ1) is 11.9. The Morgan fingerprint density at radius 1 is 1.14 bits per heavy atom. The van der Waals surface area contributed by atoms with Crippen LogP contribution in [-0.4, -0.2) is 11.9 Å². The highest BCUT2D eigenvalue weighted by Gasteiger charge is 2.65. The van der Waals surface area contributed by atoms with Gasteiger partial charge in [0.1, 0.15) is 0 Å². The van der Waals surface area contributed by atoms with Gasteiger partial charge in [-0.15, -0.1) is 0 Å². The second-order valence-corrected chi connectivity index (χ2v) is 7.30. The van der Waals surface area contributed by atoms with E-state index in [-0.39, 0.29) is 5.91 Å². The van der Waals surface area contributed by atoms with Crippen molar-refractivity contribution in [3.8, 4) is 0 Å². The van der Waals surface area contributed by atoms with Crippen LogP contribution in [-0.2, 0) is 11.2 Å². The molecular formula is C17H21N3O. The largest absolute Gasteiger partial charge is 0.397 e. The molecule has 0 aromatic heterocycles. The molecule has 4 atom stereocenters. The molecule has 4 N–H and O–H groups in total. The Morgan fingerprint density at radius 3 is 2.67 bits per heavy atom. The van der Waals surface area contributed by atoms with Crippen molar-refractivity contribution in [3.63, 3.8) is 0 Å². The van der Waals surface area contributed by atoms with Gasteiger partial charge in [0.05, 0.1) is 11.4 Å². The van der Waals surface area contributed by atoms with Crippen LogP contribution >= 0.6 is 0 Å². The van der Waals surface area contributed by atoms with Crippen LogP contribution < -0.4 is 16.4 Å². The Hall–Kier alpha value is -1.71. The maximum absolute atomic E-state index is 11.5. The number of anilines is 3. The predicted molar refractivity (Wildman–Crippen MR) is 83.0 cm³/mol. The van der Waals surface area contributed by atoms with Gasteiger partial charge in [0.2, 0.25) is 5.91 Å². The molecule has 110 valence electrons. The standard InChI is InChI=1S/C17H21N3O/c18-11-6-8-3-4-14(21)19-12(8)7-13(11)20-17-15-9-1-2-10(5-9)16(15)17/h6-7,9-10,15-17,20H,1-5,18H2,(H,19,21). The Labute approximate surface area is 124 Å². The maximum atomic E-state index is 11.5. The van der Waals surface area contributed by atoms with Crippen molar-refractivity contribution >= 4 is 23.0 Å². The van der Waals surface area contributed by atoms with Gasteiger partial charge >= 0.3 is 0 Å². The summed E-state index contributed by atoms with van der Waals surface area (Å²) in [6.07, 6.45) is 5.68. The summed E-state index contributed by atoms with van der Waals surface area (Å²) in [5.41, 5.74) is 10.1. The summed E-state index contributed by atoms with van der Waals surface area (Å²) in [6.45, 7) is 0. The maximum Gasteiger partial charge on any atom is 0.224 e. The summed E-state index contributed by atoms with van der Waals surface area (Å²) in [5, 5.41) is 6.64. The summed E-state index contributed by atoms with van der Waals surface area (Å²) in [5.74, 6) is 3.79. The van der Waals surface area contributed by atoms with Crippen LogP contribution in [0.5, 0.6) is 0 Å². The highest BCUT2D eigenvalue weighted by Crippen LogP contribution is 2.66. The van der Waals surface area contributed by atoms with Crippen LogP contribution in [0.15, 0.2) is 12.1 Å². The number of carbonyl (C=O) groups excluding carboxylic acids is 1. The van der Waals surface area contributed by atoms with Crippen molar-refractivity contribution in [2.24, 2.45) is 23.7 Å². The van der Waals surface area contributed by atoms with Crippen LogP contribution in [0.2, 0.25) is 0 Å². The SMILES string of the molecule is Nc1cc2c(cc1NC1C3C4CCC(C4)C13)NC(=O)CC2. The average molecular weight is 283 g/mol. The van der Waals surface area contributed by atoms with E-state index in [9.17, 15) is 4.79 Å². The summed E-state index contributed by atoms with van der Waals surface area (Å²) < 4.78 is 0. The molecule has 5 rings (SSSR count). The topological polar surface area (TPSA) is 67.2 Å². The van der Waals surface area contributed by atoms with Gasteiger partial charge in [0, 0.05) is 18.2 Å². The highest BCUT2D eigenvalue weighted by molar-refractivity contribution is 5.95. The number of hydrogen-bond acceptors (Lipinski definition) is 3. The zero-order valence-corrected chi connectivity index (χ0v) is 12.1. The fourth-order valence-electron chi connectivity index (χ4n) is 5.27. The van der Waals surface area contributed by atoms with E-state index in [2.05, 4.69) is 10.6 Å². The molecule has 4 unspecified atom stereocenters. The molecule has 1 amide bonds. The molecule has 1 heterocycles. The number of nitrogens with one attached hydrogen (secondary N) is 2. The summed E-state index contributed by atoms with van der Waals surface area (Å²) in [7, 11) is 0. The van der Waals surface area contributed by atoms with Gasteiger partial charge in [-0.1, -0.05) is 0 Å². The average Bonchev–Trinajstić information content (AvgIpc) is 2.85. The van der Waals surface area contributed by atoms with Crippen LogP contribution in [0.1, 0.15) is 31.2 Å². The summed E-state index contributed by atoms with van der Waals surface area (Å²) in [4.78, 5) is 11.5. The quantitative estimate of drug-likeness (QED) is 0.731. The van der Waals surface area contributed by atoms with Gasteiger partial charge in [0.25, 0.3) is 0 Å². The van der Waals surface area contributed by atoms with E-state index in [4.69, 9.17) is 5.73 Å². The molecule has 0 radical (unpaired) electrons. The summed E-state index contributed by atoms with van der Waals surface area (Å²) >= 11 is 0. The molecule has 21 heavy (non-hydrogen) atoms. The Balaban J connectivity index is 1.40. The number of aryl methyl sites for hydroxylation is 1. The van der Waals surface area contributed by atoms with Gasteiger partial charge < -0.3 is 16.4 Å². The first-order valence-electron chi connectivity index (χ1n) is 8.19. The monoisotopic (exact) mass is 283 g/mol. The molecule has 0 saturated heterocycles. The molecule has 3 aliphatic carbocycles. The molecule has 0 spiro atoms. The van der Waals surface area contributed by atoms with Gasteiger partial charge in [-0.3, -0.25) is 4.79 Å². The first-order valence-corrected chi connectivity index (χ1v) is 8.19. The fraction of sp³-hybridized carbons (Fsp3) is 0.588. The van der Waals surface area contributed by atoms with Crippen molar-refractivity contribution < 1.29 is 4.79 Å². The molecule has 1 aliphatic heterocycles. The minimum Gasteiger partial charge on any atom is -0.397 e. The van der Waals surface area contributed by atoms with Crippen molar-refractivity contribution in [3.05, 3.63) is 17.7 Å². The third kappa shape index (κ3) is 1.65. The second kappa shape index (κ2) is 3.93. The number of nitrogen functional groups attached to an aromatic ring is 1. The lowest BCUT2D eigenvalue weighted by molar-refractivity contribution is -0.116. The van der Waals surface area contributed by atoms with E-state index in [1.54, 1.807) is 0 Å². The van der Waals surface area contributed by atoms with Crippen LogP contribution in [0.4, 0.5) is 17.1 Å². The fourth-order valence-corrected chi connectivity index (χ4v) is 5.27. The minimum atomic E-state index is 0.111. The van der Waals surface area contributed by atoms with Crippen LogP contribution in [0.25, 0.3) is 0 Å². The Morgan fingerprint density at radius 2 is 1.90 bits per heavy atom. The zero-order valence-electron chi connectivity index (χ0n) is 12.1. The normalized spacial score (nSPS) is 38.7. The van der Waals surface area contributed by atoms with E-state index in [0.29, 0.717) is 12.5 Å². The molecule has 2 bridgehead atoms. The number of carbonyl (C=O) groups is 1. The Bertz CT molecular complexity index is 625.